The Bertz CT molecular complexity index is 960. The van der Waals surface area contributed by atoms with Crippen molar-refractivity contribution in [3.63, 3.8) is 0 Å². The quantitative estimate of drug-likeness (QED) is 0.433. The van der Waals surface area contributed by atoms with Gasteiger partial charge in [-0.1, -0.05) is 29.8 Å². The fourth-order valence-corrected chi connectivity index (χ4v) is 3.58. The third kappa shape index (κ3) is 5.12. The third-order valence-electron chi connectivity index (χ3n) is 4.97. The molecule has 2 aromatic carbocycles. The molecule has 0 unspecified atom stereocenters. The molecule has 0 radical (unpaired) electrons. The number of carbonyl (C=O) groups excluding carboxylic acids is 2. The smallest absolute Gasteiger partial charge is 0.340 e. The fraction of sp³-hybridized carbons (Fsp3) is 0.333. The second-order valence-corrected chi connectivity index (χ2v) is 7.43. The summed E-state index contributed by atoms with van der Waals surface area (Å²) in [5.74, 6) is -1.36. The van der Waals surface area contributed by atoms with E-state index in [-0.39, 0.29) is 22.3 Å². The minimum Gasteiger partial charge on any atom is -0.452 e. The number of hydrogen-bond donors (Lipinski definition) is 1. The summed E-state index contributed by atoms with van der Waals surface area (Å²) in [6.45, 7) is 1.36. The van der Waals surface area contributed by atoms with E-state index in [0.717, 1.165) is 24.5 Å². The van der Waals surface area contributed by atoms with Crippen LogP contribution in [0, 0.1) is 10.1 Å². The van der Waals surface area contributed by atoms with Gasteiger partial charge >= 0.3 is 5.97 Å². The van der Waals surface area contributed by atoms with Gasteiger partial charge in [0.05, 0.1) is 21.6 Å². The van der Waals surface area contributed by atoms with Crippen LogP contribution in [0.5, 0.6) is 0 Å². The number of rotatable bonds is 6. The number of ether oxygens (including phenoxy) is 1. The normalized spacial score (nSPS) is 13.9. The highest BCUT2D eigenvalue weighted by Gasteiger charge is 2.19. The van der Waals surface area contributed by atoms with E-state index in [2.05, 4.69) is 17.4 Å². The molecular weight excluding hydrogens is 396 g/mol. The van der Waals surface area contributed by atoms with Crippen LogP contribution in [0.1, 0.15) is 52.9 Å². The van der Waals surface area contributed by atoms with Crippen LogP contribution in [0.4, 0.5) is 5.69 Å². The van der Waals surface area contributed by atoms with Crippen molar-refractivity contribution >= 4 is 29.2 Å². The lowest BCUT2D eigenvalue weighted by molar-refractivity contribution is -0.384. The lowest BCUT2D eigenvalue weighted by Crippen LogP contribution is -2.31. The number of nitro benzene ring substituents is 1. The molecule has 0 bridgehead atoms. The van der Waals surface area contributed by atoms with Crippen molar-refractivity contribution in [3.05, 3.63) is 73.8 Å². The van der Waals surface area contributed by atoms with Gasteiger partial charge in [0.2, 0.25) is 0 Å². The summed E-state index contributed by atoms with van der Waals surface area (Å²) in [6.07, 6.45) is 4.52. The summed E-state index contributed by atoms with van der Waals surface area (Å²) >= 11 is 5.91. The second kappa shape index (κ2) is 9.05. The topological polar surface area (TPSA) is 98.5 Å². The third-order valence-corrected chi connectivity index (χ3v) is 5.29. The number of fused-ring (bicyclic) bond motifs is 1. The molecule has 1 amide bonds. The minimum atomic E-state index is -0.893. The highest BCUT2D eigenvalue weighted by molar-refractivity contribution is 6.33. The van der Waals surface area contributed by atoms with Crippen LogP contribution in [0.15, 0.2) is 36.4 Å². The van der Waals surface area contributed by atoms with Gasteiger partial charge in [-0.15, -0.1) is 0 Å². The molecule has 0 saturated heterocycles. The van der Waals surface area contributed by atoms with Crippen molar-refractivity contribution in [1.82, 2.24) is 5.32 Å². The van der Waals surface area contributed by atoms with Crippen molar-refractivity contribution in [2.45, 2.75) is 38.6 Å². The molecule has 2 aromatic rings. The Morgan fingerprint density at radius 3 is 2.62 bits per heavy atom. The molecule has 0 saturated carbocycles. The van der Waals surface area contributed by atoms with E-state index >= 15 is 0 Å². The van der Waals surface area contributed by atoms with Crippen molar-refractivity contribution in [2.24, 2.45) is 0 Å². The van der Waals surface area contributed by atoms with Gasteiger partial charge in [-0.3, -0.25) is 14.9 Å². The average molecular weight is 417 g/mol. The standard InChI is InChI=1S/C21H21ClN2O5/c1-13(15-7-6-14-4-2-3-5-16(14)10-15)23-20(25)12-29-21(26)18-11-17(24(27)28)8-9-19(18)22/h6-11,13H,2-5,12H2,1H3,(H,23,25)/t13-/m1/s1. The van der Waals surface area contributed by atoms with Gasteiger partial charge in [0.1, 0.15) is 0 Å². The monoisotopic (exact) mass is 416 g/mol. The number of esters is 1. The Morgan fingerprint density at radius 1 is 1.17 bits per heavy atom. The Kier molecular flexibility index (Phi) is 6.49. The van der Waals surface area contributed by atoms with Crippen LogP contribution in [0.3, 0.4) is 0 Å². The minimum absolute atomic E-state index is 0.0171. The van der Waals surface area contributed by atoms with Crippen LogP contribution in [-0.4, -0.2) is 23.4 Å². The van der Waals surface area contributed by atoms with Crippen LogP contribution in [0.2, 0.25) is 5.02 Å². The highest BCUT2D eigenvalue weighted by Crippen LogP contribution is 2.25. The Labute approximate surface area is 173 Å². The number of amides is 1. The maximum absolute atomic E-state index is 12.2. The molecule has 1 N–H and O–H groups in total. The molecule has 0 aliphatic heterocycles. The Morgan fingerprint density at radius 2 is 1.90 bits per heavy atom. The summed E-state index contributed by atoms with van der Waals surface area (Å²) < 4.78 is 4.97. The lowest BCUT2D eigenvalue weighted by Gasteiger charge is -2.20. The zero-order valence-corrected chi connectivity index (χ0v) is 16.7. The molecule has 0 spiro atoms. The van der Waals surface area contributed by atoms with Crippen molar-refractivity contribution in [3.8, 4) is 0 Å². The van der Waals surface area contributed by atoms with Gasteiger partial charge in [-0.05, 0) is 55.4 Å². The number of aryl methyl sites for hydroxylation is 2. The van der Waals surface area contributed by atoms with Gasteiger partial charge in [0.25, 0.3) is 11.6 Å². The molecule has 1 aliphatic carbocycles. The van der Waals surface area contributed by atoms with Gasteiger partial charge in [-0.2, -0.15) is 0 Å². The van der Waals surface area contributed by atoms with E-state index in [1.165, 1.54) is 36.1 Å². The molecule has 152 valence electrons. The van der Waals surface area contributed by atoms with Crippen LogP contribution >= 0.6 is 11.6 Å². The molecule has 8 heteroatoms. The molecule has 7 nitrogen and oxygen atoms in total. The molecule has 1 aliphatic rings. The van der Waals surface area contributed by atoms with E-state index in [4.69, 9.17) is 16.3 Å². The number of nitro groups is 1. The van der Waals surface area contributed by atoms with E-state index in [1.807, 2.05) is 13.0 Å². The van der Waals surface area contributed by atoms with E-state index in [0.29, 0.717) is 0 Å². The lowest BCUT2D eigenvalue weighted by atomic mass is 9.89. The SMILES string of the molecule is C[C@@H](NC(=O)COC(=O)c1cc([N+](=O)[O-])ccc1Cl)c1ccc2c(c1)CCCC2. The predicted molar refractivity (Wildman–Crippen MR) is 108 cm³/mol. The van der Waals surface area contributed by atoms with Gasteiger partial charge in [0.15, 0.2) is 6.61 Å². The Balaban J connectivity index is 1.58. The number of non-ortho nitro benzene ring substituents is 1. The molecule has 29 heavy (non-hydrogen) atoms. The number of nitrogens with zero attached hydrogens (tertiary/aromatic N) is 1. The first-order chi connectivity index (χ1) is 13.8. The predicted octanol–water partition coefficient (Wildman–Crippen LogP) is 4.16. The number of benzene rings is 2. The van der Waals surface area contributed by atoms with Crippen LogP contribution in [0.25, 0.3) is 0 Å². The van der Waals surface area contributed by atoms with E-state index in [1.54, 1.807) is 0 Å². The van der Waals surface area contributed by atoms with Gasteiger partial charge < -0.3 is 10.1 Å². The average Bonchev–Trinajstić information content (AvgIpc) is 2.71. The summed E-state index contributed by atoms with van der Waals surface area (Å²) in [6, 6.07) is 9.45. The molecule has 0 fully saturated rings. The molecule has 3 rings (SSSR count). The zero-order chi connectivity index (χ0) is 21.0. The largest absolute Gasteiger partial charge is 0.452 e. The molecule has 0 heterocycles. The maximum atomic E-state index is 12.2. The first kappa shape index (κ1) is 20.8. The molecule has 0 aromatic heterocycles. The summed E-state index contributed by atoms with van der Waals surface area (Å²) in [4.78, 5) is 34.5. The van der Waals surface area contributed by atoms with Crippen LogP contribution < -0.4 is 5.32 Å². The first-order valence-corrected chi connectivity index (χ1v) is 9.75. The highest BCUT2D eigenvalue weighted by atomic mass is 35.5. The summed E-state index contributed by atoms with van der Waals surface area (Å²) in [7, 11) is 0. The van der Waals surface area contributed by atoms with Crippen molar-refractivity contribution in [1.29, 1.82) is 0 Å². The second-order valence-electron chi connectivity index (χ2n) is 7.02. The molecule has 1 atom stereocenters. The first-order valence-electron chi connectivity index (χ1n) is 9.37. The molecular formula is C21H21ClN2O5. The van der Waals surface area contributed by atoms with Crippen molar-refractivity contribution < 1.29 is 19.2 Å². The summed E-state index contributed by atoms with van der Waals surface area (Å²) in [5.41, 5.74) is 3.23. The zero-order valence-electron chi connectivity index (χ0n) is 15.9. The number of halogens is 1. The summed E-state index contributed by atoms with van der Waals surface area (Å²) in [5, 5.41) is 13.7. The maximum Gasteiger partial charge on any atom is 0.340 e. The van der Waals surface area contributed by atoms with Crippen molar-refractivity contribution in [2.75, 3.05) is 6.61 Å². The number of nitrogens with one attached hydrogen (secondary N) is 1. The van der Waals surface area contributed by atoms with Crippen LogP contribution in [-0.2, 0) is 22.4 Å². The van der Waals surface area contributed by atoms with E-state index < -0.39 is 23.4 Å². The van der Waals surface area contributed by atoms with Gasteiger partial charge in [0, 0.05) is 12.1 Å². The Hall–Kier alpha value is -2.93. The van der Waals surface area contributed by atoms with Gasteiger partial charge in [-0.25, -0.2) is 4.79 Å². The number of hydrogen-bond acceptors (Lipinski definition) is 5. The fourth-order valence-electron chi connectivity index (χ4n) is 3.38. The number of carbonyl (C=O) groups is 2. The van der Waals surface area contributed by atoms with E-state index in [9.17, 15) is 19.7 Å².